The minimum Gasteiger partial charge on any atom is -0.497 e. The molecule has 1 atom stereocenters. The molecule has 0 spiro atoms. The van der Waals surface area contributed by atoms with Crippen molar-refractivity contribution in [2.75, 3.05) is 23.9 Å². The van der Waals surface area contributed by atoms with Crippen molar-refractivity contribution in [3.8, 4) is 5.75 Å². The van der Waals surface area contributed by atoms with Crippen LogP contribution in [0.3, 0.4) is 0 Å². The van der Waals surface area contributed by atoms with Gasteiger partial charge in [-0.2, -0.15) is 0 Å². The number of rotatable bonds is 7. The van der Waals surface area contributed by atoms with Crippen molar-refractivity contribution < 1.29 is 14.3 Å². The van der Waals surface area contributed by atoms with Crippen LogP contribution < -0.4 is 15.0 Å². The average Bonchev–Trinajstić information content (AvgIpc) is 3.26. The van der Waals surface area contributed by atoms with Gasteiger partial charge >= 0.3 is 0 Å². The number of carbonyl (C=O) groups is 2. The van der Waals surface area contributed by atoms with Crippen molar-refractivity contribution in [1.29, 1.82) is 0 Å². The van der Waals surface area contributed by atoms with Crippen molar-refractivity contribution in [3.63, 3.8) is 0 Å². The van der Waals surface area contributed by atoms with Crippen LogP contribution in [0.15, 0.2) is 24.3 Å². The lowest BCUT2D eigenvalue weighted by Gasteiger charge is -2.16. The van der Waals surface area contributed by atoms with E-state index in [9.17, 15) is 9.59 Å². The van der Waals surface area contributed by atoms with E-state index >= 15 is 0 Å². The molecular formula is C18H22N4O3S. The second-order valence-electron chi connectivity index (χ2n) is 6.20. The van der Waals surface area contributed by atoms with Gasteiger partial charge in [-0.15, -0.1) is 10.2 Å². The fourth-order valence-electron chi connectivity index (χ4n) is 2.85. The molecule has 2 amide bonds. The van der Waals surface area contributed by atoms with Crippen LogP contribution in [-0.4, -0.2) is 35.7 Å². The normalized spacial score (nSPS) is 16.8. The summed E-state index contributed by atoms with van der Waals surface area (Å²) < 4.78 is 5.15. The zero-order valence-corrected chi connectivity index (χ0v) is 15.7. The molecule has 1 saturated heterocycles. The first kappa shape index (κ1) is 18.3. The third kappa shape index (κ3) is 4.19. The summed E-state index contributed by atoms with van der Waals surface area (Å²) in [7, 11) is 1.61. The van der Waals surface area contributed by atoms with Gasteiger partial charge in [0, 0.05) is 31.0 Å². The number of nitrogens with one attached hydrogen (secondary N) is 1. The van der Waals surface area contributed by atoms with Crippen LogP contribution in [0, 0.1) is 0 Å². The first-order chi connectivity index (χ1) is 12.6. The second-order valence-corrected chi connectivity index (χ2v) is 7.21. The number of ether oxygens (including phenoxy) is 1. The van der Waals surface area contributed by atoms with Gasteiger partial charge in [0.25, 0.3) is 0 Å². The number of carbonyl (C=O) groups excluding carboxylic acids is 2. The number of unbranched alkanes of at least 4 members (excludes halogenated alkanes) is 1. The van der Waals surface area contributed by atoms with Crippen LogP contribution in [0.4, 0.5) is 10.8 Å². The zero-order chi connectivity index (χ0) is 18.5. The van der Waals surface area contributed by atoms with E-state index < -0.39 is 0 Å². The third-order valence-electron chi connectivity index (χ3n) is 4.30. The molecule has 1 aliphatic heterocycles. The summed E-state index contributed by atoms with van der Waals surface area (Å²) in [6.45, 7) is 2.60. The average molecular weight is 374 g/mol. The van der Waals surface area contributed by atoms with Crippen molar-refractivity contribution >= 4 is 34.0 Å². The van der Waals surface area contributed by atoms with Crippen LogP contribution in [0.5, 0.6) is 5.75 Å². The predicted molar refractivity (Wildman–Crippen MR) is 101 cm³/mol. The molecule has 1 aliphatic rings. The lowest BCUT2D eigenvalue weighted by atomic mass is 10.1. The Morgan fingerprint density at radius 1 is 1.35 bits per heavy atom. The molecule has 2 heterocycles. The first-order valence-corrected chi connectivity index (χ1v) is 9.50. The van der Waals surface area contributed by atoms with Gasteiger partial charge in [0.05, 0.1) is 7.11 Å². The predicted octanol–water partition coefficient (Wildman–Crippen LogP) is 3.20. The molecule has 1 fully saturated rings. The van der Waals surface area contributed by atoms with Gasteiger partial charge in [-0.05, 0) is 30.7 Å². The minimum atomic E-state index is -0.0445. The van der Waals surface area contributed by atoms with Gasteiger partial charge in [0.1, 0.15) is 10.8 Å². The highest BCUT2D eigenvalue weighted by Gasteiger charge is 2.34. The van der Waals surface area contributed by atoms with Crippen LogP contribution in [0.1, 0.15) is 43.5 Å². The fourth-order valence-corrected chi connectivity index (χ4v) is 3.70. The molecule has 1 aromatic heterocycles. The summed E-state index contributed by atoms with van der Waals surface area (Å²) in [5, 5.41) is 12.3. The molecule has 1 N–H and O–H groups in total. The molecule has 138 valence electrons. The van der Waals surface area contributed by atoms with Crippen molar-refractivity contribution in [3.05, 3.63) is 29.3 Å². The van der Waals surface area contributed by atoms with Crippen LogP contribution in [0.25, 0.3) is 0 Å². The van der Waals surface area contributed by atoms with Crippen LogP contribution in [-0.2, 0) is 9.59 Å². The Balaban J connectivity index is 1.64. The van der Waals surface area contributed by atoms with Crippen molar-refractivity contribution in [1.82, 2.24) is 10.2 Å². The van der Waals surface area contributed by atoms with Gasteiger partial charge < -0.3 is 15.0 Å². The topological polar surface area (TPSA) is 84.4 Å². The molecule has 3 rings (SSSR count). The van der Waals surface area contributed by atoms with E-state index in [1.165, 1.54) is 11.3 Å². The Hall–Kier alpha value is -2.48. The summed E-state index contributed by atoms with van der Waals surface area (Å²) in [5.41, 5.74) is 0.843. The SMILES string of the molecule is CCCCC(=O)Nc1nnc([C@H]2CC(=O)N(c3ccc(OC)cc3)C2)s1. The highest BCUT2D eigenvalue weighted by molar-refractivity contribution is 7.15. The van der Waals surface area contributed by atoms with Crippen LogP contribution in [0.2, 0.25) is 0 Å². The van der Waals surface area contributed by atoms with E-state index in [-0.39, 0.29) is 17.7 Å². The number of methoxy groups -OCH3 is 1. The minimum absolute atomic E-state index is 0.0107. The van der Waals surface area contributed by atoms with E-state index in [0.29, 0.717) is 24.5 Å². The maximum Gasteiger partial charge on any atom is 0.227 e. The lowest BCUT2D eigenvalue weighted by Crippen LogP contribution is -2.24. The van der Waals surface area contributed by atoms with Gasteiger partial charge in [0.2, 0.25) is 16.9 Å². The second kappa shape index (κ2) is 8.27. The Morgan fingerprint density at radius 2 is 2.12 bits per heavy atom. The summed E-state index contributed by atoms with van der Waals surface area (Å²) in [6.07, 6.45) is 2.70. The van der Waals surface area contributed by atoms with Gasteiger partial charge in [-0.1, -0.05) is 24.7 Å². The highest BCUT2D eigenvalue weighted by atomic mass is 32.1. The van der Waals surface area contributed by atoms with E-state index in [2.05, 4.69) is 15.5 Å². The summed E-state index contributed by atoms with van der Waals surface area (Å²) in [5.74, 6) is 0.758. The quantitative estimate of drug-likeness (QED) is 0.804. The van der Waals surface area contributed by atoms with Gasteiger partial charge in [-0.25, -0.2) is 0 Å². The molecule has 0 radical (unpaired) electrons. The maximum atomic E-state index is 12.4. The first-order valence-electron chi connectivity index (χ1n) is 8.68. The molecule has 0 unspecified atom stereocenters. The van der Waals surface area contributed by atoms with E-state index in [1.807, 2.05) is 31.2 Å². The molecule has 0 bridgehead atoms. The Kier molecular flexibility index (Phi) is 5.82. The number of hydrogen-bond donors (Lipinski definition) is 1. The van der Waals surface area contributed by atoms with Gasteiger partial charge in [-0.3, -0.25) is 9.59 Å². The molecule has 7 nitrogen and oxygen atoms in total. The largest absolute Gasteiger partial charge is 0.497 e. The summed E-state index contributed by atoms with van der Waals surface area (Å²) >= 11 is 1.34. The van der Waals surface area contributed by atoms with Gasteiger partial charge in [0.15, 0.2) is 0 Å². The Labute approximate surface area is 156 Å². The van der Waals surface area contributed by atoms with E-state index in [0.717, 1.165) is 29.3 Å². The number of amides is 2. The molecule has 2 aromatic rings. The molecule has 0 aliphatic carbocycles. The molecule has 26 heavy (non-hydrogen) atoms. The standard InChI is InChI=1S/C18H22N4O3S/c1-3-4-5-15(23)19-18-21-20-17(26-18)12-10-16(24)22(11-12)13-6-8-14(25-2)9-7-13/h6-9,12H,3-5,10-11H2,1-2H3,(H,19,21,23)/t12-/m0/s1. The molecular weight excluding hydrogens is 352 g/mol. The molecule has 8 heteroatoms. The zero-order valence-electron chi connectivity index (χ0n) is 14.9. The van der Waals surface area contributed by atoms with E-state index in [1.54, 1.807) is 12.0 Å². The van der Waals surface area contributed by atoms with Crippen molar-refractivity contribution in [2.45, 2.75) is 38.5 Å². The van der Waals surface area contributed by atoms with Crippen molar-refractivity contribution in [2.24, 2.45) is 0 Å². The summed E-state index contributed by atoms with van der Waals surface area (Å²) in [6, 6.07) is 7.42. The maximum absolute atomic E-state index is 12.4. The van der Waals surface area contributed by atoms with Crippen LogP contribution >= 0.6 is 11.3 Å². The highest BCUT2D eigenvalue weighted by Crippen LogP contribution is 2.34. The monoisotopic (exact) mass is 374 g/mol. The number of benzene rings is 1. The fraction of sp³-hybridized carbons (Fsp3) is 0.444. The number of nitrogens with zero attached hydrogens (tertiary/aromatic N) is 3. The molecule has 0 saturated carbocycles. The third-order valence-corrected chi connectivity index (χ3v) is 5.30. The smallest absolute Gasteiger partial charge is 0.227 e. The lowest BCUT2D eigenvalue weighted by molar-refractivity contribution is -0.117. The Morgan fingerprint density at radius 3 is 2.81 bits per heavy atom. The van der Waals surface area contributed by atoms with E-state index in [4.69, 9.17) is 4.74 Å². The summed E-state index contributed by atoms with van der Waals surface area (Å²) in [4.78, 5) is 26.0. The number of anilines is 2. The molecule has 1 aromatic carbocycles. The number of hydrogen-bond acceptors (Lipinski definition) is 6. The number of aromatic nitrogens is 2. The Bertz CT molecular complexity index is 775.